The third kappa shape index (κ3) is 6.06. The Kier molecular flexibility index (Phi) is 7.68. The van der Waals surface area contributed by atoms with Gasteiger partial charge in [0.15, 0.2) is 0 Å². The maximum Gasteiger partial charge on any atom is 0.407 e. The molecule has 2 fully saturated rings. The second-order valence-electron chi connectivity index (χ2n) is 7.37. The maximum atomic E-state index is 12.1. The molecule has 2 aliphatic heterocycles. The SMILES string of the molecule is COc1ccc(C[C@H]2NC[C@H](O)[C@H]2OC(=O)NCCNC(=O)[C@@H]2CCCN2)cc1. The van der Waals surface area contributed by atoms with Gasteiger partial charge in [-0.2, -0.15) is 0 Å². The molecule has 2 amide bonds. The van der Waals surface area contributed by atoms with Gasteiger partial charge in [-0.25, -0.2) is 4.79 Å². The predicted octanol–water partition coefficient (Wildman–Crippen LogP) is -0.467. The predicted molar refractivity (Wildman–Crippen MR) is 107 cm³/mol. The number of aliphatic hydroxyl groups excluding tert-OH is 1. The van der Waals surface area contributed by atoms with E-state index >= 15 is 0 Å². The van der Waals surface area contributed by atoms with Crippen molar-refractivity contribution in [3.63, 3.8) is 0 Å². The monoisotopic (exact) mass is 406 g/mol. The average molecular weight is 406 g/mol. The van der Waals surface area contributed by atoms with Gasteiger partial charge in [0, 0.05) is 19.6 Å². The number of ether oxygens (including phenoxy) is 2. The molecule has 0 bridgehead atoms. The summed E-state index contributed by atoms with van der Waals surface area (Å²) in [6.07, 6.45) is 0.433. The van der Waals surface area contributed by atoms with Crippen molar-refractivity contribution in [3.05, 3.63) is 29.8 Å². The Labute approximate surface area is 170 Å². The van der Waals surface area contributed by atoms with E-state index in [9.17, 15) is 14.7 Å². The molecule has 1 aromatic carbocycles. The van der Waals surface area contributed by atoms with Gasteiger partial charge in [-0.3, -0.25) is 4.79 Å². The smallest absolute Gasteiger partial charge is 0.407 e. The first-order chi connectivity index (χ1) is 14.1. The Morgan fingerprint density at radius 1 is 1.17 bits per heavy atom. The molecular weight excluding hydrogens is 376 g/mol. The van der Waals surface area contributed by atoms with Crippen molar-refractivity contribution in [2.45, 2.75) is 43.6 Å². The van der Waals surface area contributed by atoms with Crippen LogP contribution in [0.15, 0.2) is 24.3 Å². The van der Waals surface area contributed by atoms with Crippen LogP contribution in [0.2, 0.25) is 0 Å². The first-order valence-electron chi connectivity index (χ1n) is 10.1. The van der Waals surface area contributed by atoms with Gasteiger partial charge >= 0.3 is 6.09 Å². The molecule has 2 saturated heterocycles. The molecule has 1 aromatic rings. The third-order valence-electron chi connectivity index (χ3n) is 5.29. The maximum absolute atomic E-state index is 12.1. The molecule has 0 aromatic heterocycles. The molecule has 0 aliphatic carbocycles. The molecule has 4 atom stereocenters. The number of alkyl carbamates (subject to hydrolysis) is 1. The number of hydrogen-bond donors (Lipinski definition) is 5. The number of hydrogen-bond acceptors (Lipinski definition) is 7. The molecule has 0 radical (unpaired) electrons. The number of carbonyl (C=O) groups is 2. The Bertz CT molecular complexity index is 678. The molecule has 9 nitrogen and oxygen atoms in total. The number of methoxy groups -OCH3 is 1. The topological polar surface area (TPSA) is 121 Å². The van der Waals surface area contributed by atoms with Gasteiger partial charge in [0.25, 0.3) is 0 Å². The zero-order chi connectivity index (χ0) is 20.6. The molecule has 2 aliphatic rings. The average Bonchev–Trinajstić information content (AvgIpc) is 3.38. The van der Waals surface area contributed by atoms with Crippen molar-refractivity contribution in [2.24, 2.45) is 0 Å². The summed E-state index contributed by atoms with van der Waals surface area (Å²) in [5.74, 6) is 0.726. The van der Waals surface area contributed by atoms with Gasteiger partial charge in [-0.15, -0.1) is 0 Å². The molecule has 2 heterocycles. The Balaban J connectivity index is 1.40. The number of rotatable bonds is 8. The number of benzene rings is 1. The van der Waals surface area contributed by atoms with E-state index in [1.807, 2.05) is 24.3 Å². The van der Waals surface area contributed by atoms with E-state index in [1.165, 1.54) is 0 Å². The molecule has 9 heteroatoms. The summed E-state index contributed by atoms with van der Waals surface area (Å²) in [5, 5.41) is 21.9. The number of nitrogens with one attached hydrogen (secondary N) is 4. The van der Waals surface area contributed by atoms with Gasteiger partial charge < -0.3 is 35.8 Å². The lowest BCUT2D eigenvalue weighted by molar-refractivity contribution is -0.122. The van der Waals surface area contributed by atoms with Gasteiger partial charge in [-0.1, -0.05) is 12.1 Å². The van der Waals surface area contributed by atoms with Crippen molar-refractivity contribution in [1.82, 2.24) is 21.3 Å². The quantitative estimate of drug-likeness (QED) is 0.370. The van der Waals surface area contributed by atoms with Crippen LogP contribution in [0.1, 0.15) is 18.4 Å². The molecular formula is C20H30N4O5. The van der Waals surface area contributed by atoms with E-state index < -0.39 is 18.3 Å². The second kappa shape index (κ2) is 10.4. The Morgan fingerprint density at radius 3 is 2.62 bits per heavy atom. The van der Waals surface area contributed by atoms with E-state index in [0.29, 0.717) is 19.5 Å². The van der Waals surface area contributed by atoms with Crippen LogP contribution in [0.25, 0.3) is 0 Å². The summed E-state index contributed by atoms with van der Waals surface area (Å²) in [7, 11) is 1.61. The molecule has 5 N–H and O–H groups in total. The largest absolute Gasteiger partial charge is 0.497 e. The number of aliphatic hydroxyl groups is 1. The lowest BCUT2D eigenvalue weighted by Gasteiger charge is -2.22. The van der Waals surface area contributed by atoms with Crippen LogP contribution in [0.5, 0.6) is 5.75 Å². The molecule has 3 rings (SSSR count). The van der Waals surface area contributed by atoms with Crippen LogP contribution in [0.4, 0.5) is 4.79 Å². The van der Waals surface area contributed by atoms with Gasteiger partial charge in [0.2, 0.25) is 5.91 Å². The van der Waals surface area contributed by atoms with Crippen molar-refractivity contribution in [3.8, 4) is 5.75 Å². The number of carbonyl (C=O) groups excluding carboxylic acids is 2. The van der Waals surface area contributed by atoms with Crippen LogP contribution in [0.3, 0.4) is 0 Å². The molecule has 160 valence electrons. The summed E-state index contributed by atoms with van der Waals surface area (Å²) in [6.45, 7) is 1.81. The standard InChI is InChI=1S/C20H30N4O5/c1-28-14-6-4-13(5-7-14)11-16-18(17(25)12-24-16)29-20(27)23-10-9-22-19(26)15-3-2-8-21-15/h4-7,15-18,21,24-25H,2-3,8-12H2,1H3,(H,22,26)(H,23,27)/t15-,16+,17-,18-/m0/s1. The lowest BCUT2D eigenvalue weighted by Crippen LogP contribution is -2.45. The van der Waals surface area contributed by atoms with Crippen molar-refractivity contribution >= 4 is 12.0 Å². The highest BCUT2D eigenvalue weighted by molar-refractivity contribution is 5.82. The van der Waals surface area contributed by atoms with E-state index in [-0.39, 0.29) is 24.5 Å². The Hall–Kier alpha value is -2.36. The van der Waals surface area contributed by atoms with E-state index in [0.717, 1.165) is 30.7 Å². The minimum atomic E-state index is -0.767. The first kappa shape index (κ1) is 21.4. The molecule has 0 unspecified atom stereocenters. The van der Waals surface area contributed by atoms with E-state index in [4.69, 9.17) is 9.47 Å². The summed E-state index contributed by atoms with van der Waals surface area (Å²) < 4.78 is 10.6. The van der Waals surface area contributed by atoms with Gasteiger partial charge in [0.1, 0.15) is 18.0 Å². The van der Waals surface area contributed by atoms with E-state index in [2.05, 4.69) is 21.3 Å². The van der Waals surface area contributed by atoms with Gasteiger partial charge in [0.05, 0.1) is 19.2 Å². The van der Waals surface area contributed by atoms with Crippen LogP contribution in [-0.2, 0) is 16.0 Å². The van der Waals surface area contributed by atoms with Crippen LogP contribution in [-0.4, -0.2) is 74.7 Å². The Morgan fingerprint density at radius 2 is 1.93 bits per heavy atom. The zero-order valence-electron chi connectivity index (χ0n) is 16.6. The van der Waals surface area contributed by atoms with Crippen molar-refractivity contribution < 1.29 is 24.2 Å². The number of amides is 2. The molecule has 29 heavy (non-hydrogen) atoms. The fraction of sp³-hybridized carbons (Fsp3) is 0.600. The number of β-amino-alcohol motifs (C(OH)–C–C–N with tert-alkyl or cyclic N) is 1. The van der Waals surface area contributed by atoms with Crippen molar-refractivity contribution in [1.29, 1.82) is 0 Å². The normalized spacial score (nSPS) is 26.1. The van der Waals surface area contributed by atoms with Crippen LogP contribution in [0, 0.1) is 0 Å². The minimum Gasteiger partial charge on any atom is -0.497 e. The summed E-state index contributed by atoms with van der Waals surface area (Å²) in [5.41, 5.74) is 1.05. The minimum absolute atomic E-state index is 0.0485. The summed E-state index contributed by atoms with van der Waals surface area (Å²) >= 11 is 0. The van der Waals surface area contributed by atoms with Gasteiger partial charge in [-0.05, 0) is 43.5 Å². The summed E-state index contributed by atoms with van der Waals surface area (Å²) in [4.78, 5) is 24.0. The lowest BCUT2D eigenvalue weighted by atomic mass is 10.0. The molecule has 0 saturated carbocycles. The highest BCUT2D eigenvalue weighted by Crippen LogP contribution is 2.19. The highest BCUT2D eigenvalue weighted by Gasteiger charge is 2.37. The third-order valence-corrected chi connectivity index (χ3v) is 5.29. The van der Waals surface area contributed by atoms with E-state index in [1.54, 1.807) is 7.11 Å². The van der Waals surface area contributed by atoms with Crippen molar-refractivity contribution in [2.75, 3.05) is 33.3 Å². The fourth-order valence-corrected chi connectivity index (χ4v) is 3.68. The molecule has 0 spiro atoms. The first-order valence-corrected chi connectivity index (χ1v) is 10.1. The highest BCUT2D eigenvalue weighted by atomic mass is 16.6. The fourth-order valence-electron chi connectivity index (χ4n) is 3.68. The summed E-state index contributed by atoms with van der Waals surface area (Å²) in [6, 6.07) is 7.32. The van der Waals surface area contributed by atoms with Crippen LogP contribution >= 0.6 is 0 Å². The zero-order valence-corrected chi connectivity index (χ0v) is 16.6. The van der Waals surface area contributed by atoms with Crippen LogP contribution < -0.4 is 26.0 Å². The second-order valence-corrected chi connectivity index (χ2v) is 7.37.